The molecule has 0 saturated carbocycles. The molecule has 0 saturated heterocycles. The lowest BCUT2D eigenvalue weighted by molar-refractivity contribution is 1.31. The van der Waals surface area contributed by atoms with Gasteiger partial charge in [0.05, 0.1) is 10.4 Å². The van der Waals surface area contributed by atoms with E-state index in [0.717, 1.165) is 11.4 Å². The second kappa shape index (κ2) is 13.4. The molecule has 2 heteroatoms. The topological polar surface area (TPSA) is 3.24 Å². The summed E-state index contributed by atoms with van der Waals surface area (Å²) in [6.45, 7) is 0. The summed E-state index contributed by atoms with van der Waals surface area (Å²) < 4.78 is 2.57. The summed E-state index contributed by atoms with van der Waals surface area (Å²) >= 11 is 1.90. The lowest BCUT2D eigenvalue weighted by atomic mass is 9.95. The minimum atomic E-state index is 1.12. The molecule has 1 nitrogen and oxygen atoms in total. The number of anilines is 3. The molecular formula is C54H35NS. The average Bonchev–Trinajstić information content (AvgIpc) is 3.67. The summed E-state index contributed by atoms with van der Waals surface area (Å²) in [4.78, 5) is 2.46. The van der Waals surface area contributed by atoms with Crippen LogP contribution in [0.3, 0.4) is 0 Å². The Labute approximate surface area is 330 Å². The highest BCUT2D eigenvalue weighted by atomic mass is 32.1. The first-order chi connectivity index (χ1) is 27.8. The van der Waals surface area contributed by atoms with E-state index >= 15 is 0 Å². The molecular weight excluding hydrogens is 695 g/mol. The molecule has 262 valence electrons. The Morgan fingerprint density at radius 1 is 0.304 bits per heavy atom. The SMILES string of the molecule is c1ccc(-c2ccc(-c3ccccc3)c3c2sc2c(N(c4ccc(-c5cccc6ccccc56)cc4)c4ccc5c(ccc6ccccc65)c4)cccc23)cc1. The third-order valence-electron chi connectivity index (χ3n) is 11.2. The Morgan fingerprint density at radius 3 is 1.64 bits per heavy atom. The Morgan fingerprint density at radius 2 is 0.857 bits per heavy atom. The zero-order chi connectivity index (χ0) is 37.0. The lowest BCUT2D eigenvalue weighted by Crippen LogP contribution is -2.10. The van der Waals surface area contributed by atoms with Gasteiger partial charge in [-0.1, -0.05) is 182 Å². The molecule has 1 aromatic heterocycles. The molecule has 0 atom stereocenters. The van der Waals surface area contributed by atoms with Crippen LogP contribution in [0.4, 0.5) is 17.1 Å². The van der Waals surface area contributed by atoms with Crippen LogP contribution in [0.2, 0.25) is 0 Å². The van der Waals surface area contributed by atoms with Crippen molar-refractivity contribution in [2.75, 3.05) is 4.90 Å². The molecule has 0 N–H and O–H groups in total. The Balaban J connectivity index is 1.16. The van der Waals surface area contributed by atoms with Crippen molar-refractivity contribution in [1.29, 1.82) is 0 Å². The second-order valence-corrected chi connectivity index (χ2v) is 15.5. The maximum absolute atomic E-state index is 2.46. The number of benzene rings is 10. The number of hydrogen-bond acceptors (Lipinski definition) is 2. The molecule has 0 amide bonds. The third kappa shape index (κ3) is 5.38. The molecule has 0 unspecified atom stereocenters. The van der Waals surface area contributed by atoms with Crippen molar-refractivity contribution in [3.05, 3.63) is 212 Å². The monoisotopic (exact) mass is 729 g/mol. The predicted molar refractivity (Wildman–Crippen MR) is 243 cm³/mol. The molecule has 0 aliphatic heterocycles. The van der Waals surface area contributed by atoms with Gasteiger partial charge in [0.2, 0.25) is 0 Å². The van der Waals surface area contributed by atoms with Crippen molar-refractivity contribution in [2.45, 2.75) is 0 Å². The molecule has 0 aliphatic rings. The van der Waals surface area contributed by atoms with E-state index in [0.29, 0.717) is 0 Å². The number of thiophene rings is 1. The summed E-state index contributed by atoms with van der Waals surface area (Å²) in [5.41, 5.74) is 10.8. The number of nitrogens with zero attached hydrogens (tertiary/aromatic N) is 1. The fourth-order valence-electron chi connectivity index (χ4n) is 8.60. The van der Waals surface area contributed by atoms with Gasteiger partial charge in [0.25, 0.3) is 0 Å². The van der Waals surface area contributed by atoms with Crippen LogP contribution >= 0.6 is 11.3 Å². The minimum Gasteiger partial charge on any atom is -0.309 e. The Hall–Kier alpha value is -7.00. The van der Waals surface area contributed by atoms with E-state index in [1.165, 1.54) is 91.6 Å². The fourth-order valence-corrected chi connectivity index (χ4v) is 9.97. The van der Waals surface area contributed by atoms with E-state index in [-0.39, 0.29) is 0 Å². The Kier molecular flexibility index (Phi) is 7.75. The van der Waals surface area contributed by atoms with Gasteiger partial charge >= 0.3 is 0 Å². The highest BCUT2D eigenvalue weighted by Crippen LogP contribution is 2.50. The number of hydrogen-bond donors (Lipinski definition) is 0. The average molecular weight is 730 g/mol. The molecule has 0 bridgehead atoms. The van der Waals surface area contributed by atoms with Crippen LogP contribution in [0, 0.1) is 0 Å². The summed E-state index contributed by atoms with van der Waals surface area (Å²) in [6, 6.07) is 77.6. The normalized spacial score (nSPS) is 11.6. The zero-order valence-electron chi connectivity index (χ0n) is 30.6. The lowest BCUT2D eigenvalue weighted by Gasteiger charge is -2.27. The van der Waals surface area contributed by atoms with E-state index in [4.69, 9.17) is 0 Å². The van der Waals surface area contributed by atoms with Gasteiger partial charge in [0.1, 0.15) is 0 Å². The van der Waals surface area contributed by atoms with Crippen molar-refractivity contribution in [2.24, 2.45) is 0 Å². The molecule has 56 heavy (non-hydrogen) atoms. The second-order valence-electron chi connectivity index (χ2n) is 14.5. The molecule has 0 spiro atoms. The molecule has 0 aliphatic carbocycles. The largest absolute Gasteiger partial charge is 0.309 e. The van der Waals surface area contributed by atoms with Gasteiger partial charge in [-0.05, 0) is 96.0 Å². The molecule has 10 aromatic carbocycles. The quantitative estimate of drug-likeness (QED) is 0.154. The van der Waals surface area contributed by atoms with Gasteiger partial charge in [-0.25, -0.2) is 0 Å². The summed E-state index contributed by atoms with van der Waals surface area (Å²) in [7, 11) is 0. The van der Waals surface area contributed by atoms with E-state index < -0.39 is 0 Å². The van der Waals surface area contributed by atoms with Gasteiger partial charge in [0.15, 0.2) is 0 Å². The molecule has 1 heterocycles. The first kappa shape index (κ1) is 32.4. The van der Waals surface area contributed by atoms with Crippen LogP contribution in [-0.2, 0) is 0 Å². The smallest absolute Gasteiger partial charge is 0.0640 e. The van der Waals surface area contributed by atoms with Gasteiger partial charge in [0, 0.05) is 26.8 Å². The highest BCUT2D eigenvalue weighted by Gasteiger charge is 2.22. The molecule has 11 aromatic rings. The van der Waals surface area contributed by atoms with Crippen molar-refractivity contribution in [3.63, 3.8) is 0 Å². The highest BCUT2D eigenvalue weighted by molar-refractivity contribution is 7.27. The van der Waals surface area contributed by atoms with E-state index in [1.54, 1.807) is 0 Å². The van der Waals surface area contributed by atoms with E-state index in [9.17, 15) is 0 Å². The summed E-state index contributed by atoms with van der Waals surface area (Å²) in [6.07, 6.45) is 0. The van der Waals surface area contributed by atoms with Gasteiger partial charge in [-0.15, -0.1) is 11.3 Å². The van der Waals surface area contributed by atoms with Crippen LogP contribution in [0.5, 0.6) is 0 Å². The van der Waals surface area contributed by atoms with Gasteiger partial charge < -0.3 is 4.90 Å². The number of fused-ring (bicyclic) bond motifs is 7. The summed E-state index contributed by atoms with van der Waals surface area (Å²) in [5.74, 6) is 0. The minimum absolute atomic E-state index is 1.12. The van der Waals surface area contributed by atoms with Crippen molar-refractivity contribution in [3.8, 4) is 33.4 Å². The van der Waals surface area contributed by atoms with Gasteiger partial charge in [-0.2, -0.15) is 0 Å². The van der Waals surface area contributed by atoms with Crippen LogP contribution < -0.4 is 4.90 Å². The first-order valence-electron chi connectivity index (χ1n) is 19.2. The molecule has 11 rings (SSSR count). The van der Waals surface area contributed by atoms with Crippen molar-refractivity contribution >= 4 is 80.9 Å². The number of rotatable bonds is 6. The van der Waals surface area contributed by atoms with E-state index in [2.05, 4.69) is 217 Å². The summed E-state index contributed by atoms with van der Waals surface area (Å²) in [5, 5.41) is 10.1. The Bertz CT molecular complexity index is 3230. The van der Waals surface area contributed by atoms with E-state index in [1.807, 2.05) is 11.3 Å². The van der Waals surface area contributed by atoms with Crippen molar-refractivity contribution in [1.82, 2.24) is 0 Å². The van der Waals surface area contributed by atoms with Crippen LogP contribution in [-0.4, -0.2) is 0 Å². The predicted octanol–water partition coefficient (Wildman–Crippen LogP) is 16.0. The molecule has 0 fully saturated rings. The van der Waals surface area contributed by atoms with Gasteiger partial charge in [-0.3, -0.25) is 0 Å². The van der Waals surface area contributed by atoms with Crippen LogP contribution in [0.25, 0.3) is 85.9 Å². The maximum atomic E-state index is 2.46. The van der Waals surface area contributed by atoms with Crippen LogP contribution in [0.1, 0.15) is 0 Å². The maximum Gasteiger partial charge on any atom is 0.0640 e. The fraction of sp³-hybridized carbons (Fsp3) is 0. The molecule has 0 radical (unpaired) electrons. The van der Waals surface area contributed by atoms with Crippen LogP contribution in [0.15, 0.2) is 212 Å². The standard InChI is InChI=1S/C54H35NS/c1-3-13-37(14-4-1)48-33-34-49(38-15-5-2-6-16-38)54-52(48)50-23-12-24-51(53(50)56-54)55(43-31-32-47-41(35-43)26-25-39-18-8-10-21-45(39)47)42-29-27-40(28-30-42)46-22-11-19-36-17-7-9-20-44(36)46/h1-35H. The van der Waals surface area contributed by atoms with Crippen molar-refractivity contribution < 1.29 is 0 Å². The first-order valence-corrected chi connectivity index (χ1v) is 20.0. The zero-order valence-corrected chi connectivity index (χ0v) is 31.4. The third-order valence-corrected chi connectivity index (χ3v) is 12.5.